The Kier molecular flexibility index (Phi) is 7.75. The van der Waals surface area contributed by atoms with E-state index in [4.69, 9.17) is 14.2 Å². The molecule has 0 amide bonds. The second-order valence-electron chi connectivity index (χ2n) is 9.15. The van der Waals surface area contributed by atoms with Crippen LogP contribution in [-0.2, 0) is 23.8 Å². The lowest BCUT2D eigenvalue weighted by Gasteiger charge is -2.43. The van der Waals surface area contributed by atoms with Crippen LogP contribution in [0.25, 0.3) is 0 Å². The maximum Gasteiger partial charge on any atom is 0.308 e. The van der Waals surface area contributed by atoms with Crippen molar-refractivity contribution in [2.75, 3.05) is 7.11 Å². The van der Waals surface area contributed by atoms with Crippen molar-refractivity contribution < 1.29 is 28.9 Å². The predicted molar refractivity (Wildman–Crippen MR) is 112 cm³/mol. The van der Waals surface area contributed by atoms with Crippen molar-refractivity contribution in [3.05, 3.63) is 23.8 Å². The molecular weight excluding hydrogens is 384 g/mol. The van der Waals surface area contributed by atoms with Crippen molar-refractivity contribution in [2.24, 2.45) is 23.7 Å². The number of cyclic esters (lactones) is 1. The summed E-state index contributed by atoms with van der Waals surface area (Å²) in [5.41, 5.74) is 1.17. The van der Waals surface area contributed by atoms with E-state index >= 15 is 0 Å². The summed E-state index contributed by atoms with van der Waals surface area (Å²) in [7, 11) is 1.69. The first kappa shape index (κ1) is 23.0. The van der Waals surface area contributed by atoms with Gasteiger partial charge in [-0.2, -0.15) is 0 Å². The van der Waals surface area contributed by atoms with Gasteiger partial charge in [-0.1, -0.05) is 39.0 Å². The van der Waals surface area contributed by atoms with Gasteiger partial charge in [-0.15, -0.1) is 0 Å². The zero-order chi connectivity index (χ0) is 21.8. The molecule has 3 rings (SSSR count). The molecule has 0 saturated carbocycles. The molecule has 1 heterocycles. The van der Waals surface area contributed by atoms with Crippen molar-refractivity contribution >= 4 is 11.9 Å². The molecule has 0 spiro atoms. The van der Waals surface area contributed by atoms with Crippen LogP contribution in [0.2, 0.25) is 0 Å². The molecule has 6 heteroatoms. The van der Waals surface area contributed by atoms with Gasteiger partial charge in [0.15, 0.2) is 0 Å². The van der Waals surface area contributed by atoms with Gasteiger partial charge < -0.3 is 19.3 Å². The molecule has 0 radical (unpaired) electrons. The van der Waals surface area contributed by atoms with E-state index in [2.05, 4.69) is 25.2 Å². The minimum absolute atomic E-state index is 0.0702. The van der Waals surface area contributed by atoms with Gasteiger partial charge in [0.25, 0.3) is 0 Å². The molecule has 0 bridgehead atoms. The number of hydrogen-bond donors (Lipinski definition) is 1. The normalized spacial score (nSPS) is 37.0. The van der Waals surface area contributed by atoms with E-state index in [1.165, 1.54) is 5.57 Å². The fraction of sp³-hybridized carbons (Fsp3) is 0.750. The summed E-state index contributed by atoms with van der Waals surface area (Å²) in [6, 6.07) is 0. The summed E-state index contributed by atoms with van der Waals surface area (Å²) in [5, 5.41) is 9.91. The Hall–Kier alpha value is -1.66. The number of aliphatic hydroxyl groups excluding tert-OH is 1. The number of aliphatic hydroxyl groups is 1. The predicted octanol–water partition coefficient (Wildman–Crippen LogP) is 3.57. The van der Waals surface area contributed by atoms with Gasteiger partial charge in [-0.3, -0.25) is 9.59 Å². The summed E-state index contributed by atoms with van der Waals surface area (Å²) in [5.74, 6) is 0.0970. The van der Waals surface area contributed by atoms with Gasteiger partial charge in [0, 0.05) is 25.9 Å². The molecule has 3 aliphatic rings. The fourth-order valence-electron chi connectivity index (χ4n) is 4.98. The lowest BCUT2D eigenvalue weighted by Crippen LogP contribution is -2.43. The maximum absolute atomic E-state index is 12.6. The number of esters is 2. The molecule has 1 N–H and O–H groups in total. The van der Waals surface area contributed by atoms with Gasteiger partial charge in [-0.05, 0) is 36.7 Å². The highest BCUT2D eigenvalue weighted by Crippen LogP contribution is 2.44. The number of carbonyl (C=O) groups excluding carboxylic acids is 2. The van der Waals surface area contributed by atoms with Gasteiger partial charge in [0.1, 0.15) is 12.2 Å². The second kappa shape index (κ2) is 10.1. The van der Waals surface area contributed by atoms with Crippen LogP contribution in [0.4, 0.5) is 0 Å². The number of rotatable bonds is 7. The van der Waals surface area contributed by atoms with Crippen molar-refractivity contribution in [1.82, 2.24) is 0 Å². The zero-order valence-corrected chi connectivity index (χ0v) is 18.6. The SMILES string of the molecule is CCC(C)C(=O)OC1CC(OC)C=C2C=CC(C)C(CCC3CC(O)CC(=O)O3)C21. The van der Waals surface area contributed by atoms with Crippen LogP contribution >= 0.6 is 0 Å². The number of allylic oxidation sites excluding steroid dienone is 2. The Balaban J connectivity index is 1.77. The molecule has 8 atom stereocenters. The molecule has 30 heavy (non-hydrogen) atoms. The first-order valence-corrected chi connectivity index (χ1v) is 11.3. The zero-order valence-electron chi connectivity index (χ0n) is 18.6. The Morgan fingerprint density at radius 1 is 1.33 bits per heavy atom. The van der Waals surface area contributed by atoms with Crippen LogP contribution in [0.5, 0.6) is 0 Å². The standard InChI is InChI=1S/C24H36O6/c1-5-14(2)24(27)30-21-13-19(28-4)10-16-7-6-15(3)20(23(16)21)9-8-18-11-17(25)12-22(26)29-18/h6-7,10,14-15,17-21,23,25H,5,8-9,11-13H2,1-4H3. The molecule has 8 unspecified atom stereocenters. The molecular formula is C24H36O6. The average molecular weight is 421 g/mol. The van der Waals surface area contributed by atoms with E-state index in [-0.39, 0.29) is 54.4 Å². The van der Waals surface area contributed by atoms with Crippen LogP contribution in [0.3, 0.4) is 0 Å². The van der Waals surface area contributed by atoms with Crippen molar-refractivity contribution in [3.8, 4) is 0 Å². The number of hydrogen-bond acceptors (Lipinski definition) is 6. The van der Waals surface area contributed by atoms with E-state index in [1.54, 1.807) is 7.11 Å². The molecule has 0 aromatic heterocycles. The van der Waals surface area contributed by atoms with Gasteiger partial charge in [0.05, 0.1) is 24.5 Å². The lowest BCUT2D eigenvalue weighted by atomic mass is 9.66. The van der Waals surface area contributed by atoms with Crippen LogP contribution in [0.15, 0.2) is 23.8 Å². The van der Waals surface area contributed by atoms with E-state index in [1.807, 2.05) is 13.8 Å². The van der Waals surface area contributed by atoms with Crippen molar-refractivity contribution in [2.45, 2.75) is 83.7 Å². The Bertz CT molecular complexity index is 683. The number of carbonyl (C=O) groups is 2. The Morgan fingerprint density at radius 3 is 2.77 bits per heavy atom. The monoisotopic (exact) mass is 420 g/mol. The summed E-state index contributed by atoms with van der Waals surface area (Å²) < 4.78 is 17.1. The van der Waals surface area contributed by atoms with E-state index in [9.17, 15) is 14.7 Å². The molecule has 168 valence electrons. The fourth-order valence-corrected chi connectivity index (χ4v) is 4.98. The number of fused-ring (bicyclic) bond motifs is 1. The minimum atomic E-state index is -0.614. The minimum Gasteiger partial charge on any atom is -0.462 e. The van der Waals surface area contributed by atoms with Crippen LogP contribution < -0.4 is 0 Å². The average Bonchev–Trinajstić information content (AvgIpc) is 2.71. The third-order valence-corrected chi connectivity index (χ3v) is 7.00. The molecule has 2 aliphatic carbocycles. The molecule has 0 aromatic carbocycles. The number of methoxy groups -OCH3 is 1. The highest BCUT2D eigenvalue weighted by atomic mass is 16.6. The molecule has 1 fully saturated rings. The molecule has 1 saturated heterocycles. The third kappa shape index (κ3) is 5.33. The van der Waals surface area contributed by atoms with Crippen molar-refractivity contribution in [1.29, 1.82) is 0 Å². The van der Waals surface area contributed by atoms with E-state index in [0.717, 1.165) is 12.8 Å². The Morgan fingerprint density at radius 2 is 2.10 bits per heavy atom. The highest BCUT2D eigenvalue weighted by molar-refractivity contribution is 5.72. The highest BCUT2D eigenvalue weighted by Gasteiger charge is 2.43. The summed E-state index contributed by atoms with van der Waals surface area (Å²) in [4.78, 5) is 24.3. The summed E-state index contributed by atoms with van der Waals surface area (Å²) in [6.07, 6.45) is 8.87. The first-order chi connectivity index (χ1) is 14.3. The van der Waals surface area contributed by atoms with E-state index < -0.39 is 6.10 Å². The van der Waals surface area contributed by atoms with E-state index in [0.29, 0.717) is 25.2 Å². The smallest absolute Gasteiger partial charge is 0.308 e. The third-order valence-electron chi connectivity index (χ3n) is 7.00. The van der Waals surface area contributed by atoms with Crippen molar-refractivity contribution in [3.63, 3.8) is 0 Å². The molecule has 1 aliphatic heterocycles. The van der Waals surface area contributed by atoms with Gasteiger partial charge in [0.2, 0.25) is 0 Å². The van der Waals surface area contributed by atoms with Crippen LogP contribution in [0, 0.1) is 23.7 Å². The van der Waals surface area contributed by atoms with Crippen LogP contribution in [0.1, 0.15) is 59.3 Å². The molecule has 0 aromatic rings. The van der Waals surface area contributed by atoms with Gasteiger partial charge in [-0.25, -0.2) is 0 Å². The quantitative estimate of drug-likeness (QED) is 0.634. The van der Waals surface area contributed by atoms with Crippen LogP contribution in [-0.4, -0.2) is 48.6 Å². The van der Waals surface area contributed by atoms with Gasteiger partial charge >= 0.3 is 11.9 Å². The molecule has 6 nitrogen and oxygen atoms in total. The summed E-state index contributed by atoms with van der Waals surface area (Å²) in [6.45, 7) is 6.08. The number of ether oxygens (including phenoxy) is 3. The summed E-state index contributed by atoms with van der Waals surface area (Å²) >= 11 is 0. The lowest BCUT2D eigenvalue weighted by molar-refractivity contribution is -0.163. The Labute approximate surface area is 179 Å². The maximum atomic E-state index is 12.6. The topological polar surface area (TPSA) is 82.1 Å². The largest absolute Gasteiger partial charge is 0.462 e. The first-order valence-electron chi connectivity index (χ1n) is 11.3. The second-order valence-corrected chi connectivity index (χ2v) is 9.15.